The summed E-state index contributed by atoms with van der Waals surface area (Å²) in [5.41, 5.74) is 3.08. The predicted molar refractivity (Wildman–Crippen MR) is 101 cm³/mol. The molecule has 1 saturated heterocycles. The molecule has 4 rings (SSSR count). The summed E-state index contributed by atoms with van der Waals surface area (Å²) in [7, 11) is 0. The van der Waals surface area contributed by atoms with Crippen LogP contribution in [-0.2, 0) is 21.4 Å². The van der Waals surface area contributed by atoms with E-state index in [0.717, 1.165) is 25.7 Å². The van der Waals surface area contributed by atoms with Crippen LogP contribution in [0.25, 0.3) is 0 Å². The minimum absolute atomic E-state index is 0.117. The molecule has 2 N–H and O–H groups in total. The molecular formula is C21H28N2O4. The smallest absolute Gasteiger partial charge is 0.405 e. The highest BCUT2D eigenvalue weighted by atomic mass is 16.5. The lowest BCUT2D eigenvalue weighted by Gasteiger charge is -2.41. The molecule has 1 spiro atoms. The monoisotopic (exact) mass is 372 g/mol. The number of benzene rings is 1. The van der Waals surface area contributed by atoms with E-state index in [2.05, 4.69) is 29.6 Å². The SMILES string of the molecule is O=C(O)N[C@H](COCC1CC1)C(=O)N1CCC2(CCc3ccccc32)CC1. The Morgan fingerprint density at radius 3 is 2.67 bits per heavy atom. The molecule has 27 heavy (non-hydrogen) atoms. The fourth-order valence-corrected chi connectivity index (χ4v) is 4.62. The van der Waals surface area contributed by atoms with Gasteiger partial charge in [0.2, 0.25) is 5.91 Å². The summed E-state index contributed by atoms with van der Waals surface area (Å²) in [5.74, 6) is 0.428. The molecule has 0 bridgehead atoms. The molecule has 6 heteroatoms. The molecule has 2 amide bonds. The van der Waals surface area contributed by atoms with Crippen LogP contribution in [0.3, 0.4) is 0 Å². The maximum Gasteiger partial charge on any atom is 0.405 e. The van der Waals surface area contributed by atoms with Gasteiger partial charge in [-0.15, -0.1) is 0 Å². The minimum atomic E-state index is -1.18. The van der Waals surface area contributed by atoms with Gasteiger partial charge in [0.05, 0.1) is 6.61 Å². The topological polar surface area (TPSA) is 78.9 Å². The lowest BCUT2D eigenvalue weighted by molar-refractivity contribution is -0.136. The number of carboxylic acid groups (broad SMARTS) is 1. The molecule has 1 heterocycles. The summed E-state index contributed by atoms with van der Waals surface area (Å²) in [6.45, 7) is 2.08. The maximum atomic E-state index is 12.9. The van der Waals surface area contributed by atoms with Gasteiger partial charge in [0.1, 0.15) is 6.04 Å². The number of nitrogens with one attached hydrogen (secondary N) is 1. The third-order valence-corrected chi connectivity index (χ3v) is 6.42. The van der Waals surface area contributed by atoms with Crippen molar-refractivity contribution < 1.29 is 19.4 Å². The summed E-state index contributed by atoms with van der Waals surface area (Å²) in [6.07, 6.45) is 5.30. The first-order valence-electron chi connectivity index (χ1n) is 10.0. The van der Waals surface area contributed by atoms with Crippen molar-refractivity contribution >= 4 is 12.0 Å². The predicted octanol–water partition coefficient (Wildman–Crippen LogP) is 2.56. The molecule has 2 aliphatic carbocycles. The van der Waals surface area contributed by atoms with E-state index in [1.165, 1.54) is 24.0 Å². The number of carbonyl (C=O) groups excluding carboxylic acids is 1. The first-order valence-corrected chi connectivity index (χ1v) is 10.0. The highest BCUT2D eigenvalue weighted by Crippen LogP contribution is 2.46. The quantitative estimate of drug-likeness (QED) is 0.804. The van der Waals surface area contributed by atoms with Crippen molar-refractivity contribution in [1.82, 2.24) is 10.2 Å². The molecule has 1 aromatic carbocycles. The van der Waals surface area contributed by atoms with E-state index < -0.39 is 12.1 Å². The van der Waals surface area contributed by atoms with Crippen LogP contribution < -0.4 is 5.32 Å². The summed E-state index contributed by atoms with van der Waals surface area (Å²) >= 11 is 0. The van der Waals surface area contributed by atoms with Gasteiger partial charge in [-0.05, 0) is 61.0 Å². The number of piperidine rings is 1. The highest BCUT2D eigenvalue weighted by molar-refractivity contribution is 5.85. The van der Waals surface area contributed by atoms with Gasteiger partial charge in [-0.2, -0.15) is 0 Å². The minimum Gasteiger partial charge on any atom is -0.465 e. The van der Waals surface area contributed by atoms with E-state index in [1.54, 1.807) is 0 Å². The number of hydrogen-bond acceptors (Lipinski definition) is 3. The maximum absolute atomic E-state index is 12.9. The summed E-state index contributed by atoms with van der Waals surface area (Å²) in [5, 5.41) is 11.4. The fourth-order valence-electron chi connectivity index (χ4n) is 4.62. The van der Waals surface area contributed by atoms with Crippen LogP contribution in [0.4, 0.5) is 4.79 Å². The number of amides is 2. The van der Waals surface area contributed by atoms with Crippen molar-refractivity contribution in [3.05, 3.63) is 35.4 Å². The zero-order valence-electron chi connectivity index (χ0n) is 15.7. The number of likely N-dealkylation sites (tertiary alicyclic amines) is 1. The van der Waals surface area contributed by atoms with Crippen LogP contribution in [-0.4, -0.2) is 54.4 Å². The molecular weight excluding hydrogens is 344 g/mol. The first kappa shape index (κ1) is 18.3. The Kier molecular flexibility index (Phi) is 5.08. The number of rotatable bonds is 6. The molecule has 1 saturated carbocycles. The Morgan fingerprint density at radius 2 is 1.96 bits per heavy atom. The van der Waals surface area contributed by atoms with E-state index in [1.807, 2.05) is 4.90 Å². The van der Waals surface area contributed by atoms with Crippen molar-refractivity contribution in [2.45, 2.75) is 50.0 Å². The van der Waals surface area contributed by atoms with E-state index in [0.29, 0.717) is 25.6 Å². The second-order valence-corrected chi connectivity index (χ2v) is 8.25. The third kappa shape index (κ3) is 3.95. The average Bonchev–Trinajstić information content (AvgIpc) is 3.43. The first-order chi connectivity index (χ1) is 13.1. The van der Waals surface area contributed by atoms with Crippen molar-refractivity contribution in [1.29, 1.82) is 0 Å². The molecule has 146 valence electrons. The molecule has 3 aliphatic rings. The summed E-state index contributed by atoms with van der Waals surface area (Å²) in [6, 6.07) is 7.84. The molecule has 6 nitrogen and oxygen atoms in total. The van der Waals surface area contributed by atoms with Crippen molar-refractivity contribution in [3.8, 4) is 0 Å². The molecule has 2 fully saturated rings. The normalized spacial score (nSPS) is 21.7. The Balaban J connectivity index is 1.37. The molecule has 1 aromatic rings. The molecule has 0 aromatic heterocycles. The molecule has 1 aliphatic heterocycles. The zero-order valence-corrected chi connectivity index (χ0v) is 15.7. The van der Waals surface area contributed by atoms with Gasteiger partial charge < -0.3 is 20.1 Å². The standard InChI is InChI=1S/C21H28N2O4/c24-19(18(22-20(25)26)14-27-13-15-5-6-15)23-11-9-21(10-12-23)8-7-16-3-1-2-4-17(16)21/h1-4,15,18,22H,5-14H2,(H,25,26)/t18-/m1/s1. The third-order valence-electron chi connectivity index (χ3n) is 6.42. The van der Waals surface area contributed by atoms with Crippen LogP contribution in [0.2, 0.25) is 0 Å². The highest BCUT2D eigenvalue weighted by Gasteiger charge is 2.42. The zero-order chi connectivity index (χ0) is 18.9. The Bertz CT molecular complexity index is 708. The average molecular weight is 372 g/mol. The largest absolute Gasteiger partial charge is 0.465 e. The van der Waals surface area contributed by atoms with Gasteiger partial charge in [-0.25, -0.2) is 4.79 Å². The number of nitrogens with zero attached hydrogens (tertiary/aromatic N) is 1. The lowest BCUT2D eigenvalue weighted by atomic mass is 9.74. The van der Waals surface area contributed by atoms with Crippen LogP contribution in [0, 0.1) is 5.92 Å². The number of hydrogen-bond donors (Lipinski definition) is 2. The van der Waals surface area contributed by atoms with Crippen LogP contribution in [0.5, 0.6) is 0 Å². The van der Waals surface area contributed by atoms with Gasteiger partial charge >= 0.3 is 6.09 Å². The van der Waals surface area contributed by atoms with E-state index in [-0.39, 0.29) is 17.9 Å². The number of aryl methyl sites for hydroxylation is 1. The van der Waals surface area contributed by atoms with E-state index in [9.17, 15) is 9.59 Å². The molecule has 1 atom stereocenters. The Hall–Kier alpha value is -2.08. The van der Waals surface area contributed by atoms with Gasteiger partial charge in [0.25, 0.3) is 0 Å². The van der Waals surface area contributed by atoms with Crippen molar-refractivity contribution in [2.24, 2.45) is 5.92 Å². The van der Waals surface area contributed by atoms with Gasteiger partial charge in [0.15, 0.2) is 0 Å². The fraction of sp³-hybridized carbons (Fsp3) is 0.619. The van der Waals surface area contributed by atoms with Crippen LogP contribution in [0.1, 0.15) is 43.2 Å². The summed E-state index contributed by atoms with van der Waals surface area (Å²) in [4.78, 5) is 25.8. The Morgan fingerprint density at radius 1 is 1.22 bits per heavy atom. The van der Waals surface area contributed by atoms with Crippen molar-refractivity contribution in [2.75, 3.05) is 26.3 Å². The van der Waals surface area contributed by atoms with Crippen molar-refractivity contribution in [3.63, 3.8) is 0 Å². The Labute approximate surface area is 159 Å². The number of carbonyl (C=O) groups is 2. The van der Waals surface area contributed by atoms with E-state index in [4.69, 9.17) is 9.84 Å². The molecule has 0 radical (unpaired) electrons. The number of fused-ring (bicyclic) bond motifs is 2. The van der Waals surface area contributed by atoms with Gasteiger partial charge in [0, 0.05) is 19.7 Å². The van der Waals surface area contributed by atoms with Gasteiger partial charge in [-0.1, -0.05) is 24.3 Å². The van der Waals surface area contributed by atoms with Crippen LogP contribution in [0.15, 0.2) is 24.3 Å². The molecule has 0 unspecified atom stereocenters. The van der Waals surface area contributed by atoms with Gasteiger partial charge in [-0.3, -0.25) is 4.79 Å². The number of ether oxygens (including phenoxy) is 1. The lowest BCUT2D eigenvalue weighted by Crippen LogP contribution is -2.54. The van der Waals surface area contributed by atoms with E-state index >= 15 is 0 Å². The second kappa shape index (κ2) is 7.50. The van der Waals surface area contributed by atoms with Crippen LogP contribution >= 0.6 is 0 Å². The second-order valence-electron chi connectivity index (χ2n) is 8.25. The summed E-state index contributed by atoms with van der Waals surface area (Å²) < 4.78 is 5.60.